The van der Waals surface area contributed by atoms with Crippen molar-refractivity contribution in [1.29, 1.82) is 0 Å². The molecule has 1 heterocycles. The van der Waals surface area contributed by atoms with Crippen molar-refractivity contribution in [2.24, 2.45) is 10.4 Å². The number of guanidine groups is 1. The standard InChI is InChI=1S/C14H24F3N3O/c1-18-12(19-7-3-9-21-11-14(15,16)17)20-8-6-13(10-20)4-2-5-13/h2-11H2,1H3,(H,18,19). The molecule has 21 heavy (non-hydrogen) atoms. The molecule has 122 valence electrons. The van der Waals surface area contributed by atoms with Crippen molar-refractivity contribution in [3.05, 3.63) is 0 Å². The second-order valence-electron chi connectivity index (χ2n) is 6.02. The number of halogens is 3. The topological polar surface area (TPSA) is 36.9 Å². The lowest BCUT2D eigenvalue weighted by Gasteiger charge is -2.38. The highest BCUT2D eigenvalue weighted by Gasteiger charge is 2.43. The van der Waals surface area contributed by atoms with E-state index in [-0.39, 0.29) is 6.61 Å². The zero-order chi connectivity index (χ0) is 15.3. The predicted octanol–water partition coefficient (Wildman–Crippen LogP) is 2.41. The Morgan fingerprint density at radius 3 is 2.62 bits per heavy atom. The van der Waals surface area contributed by atoms with E-state index < -0.39 is 12.8 Å². The number of hydrogen-bond acceptors (Lipinski definition) is 2. The van der Waals surface area contributed by atoms with Gasteiger partial charge < -0.3 is 15.0 Å². The van der Waals surface area contributed by atoms with Crippen LogP contribution in [0, 0.1) is 5.41 Å². The molecule has 0 aromatic rings. The van der Waals surface area contributed by atoms with Crippen LogP contribution in [-0.4, -0.2) is 56.9 Å². The maximum Gasteiger partial charge on any atom is 0.411 e. The molecule has 1 saturated heterocycles. The maximum absolute atomic E-state index is 11.9. The molecule has 2 aliphatic rings. The first-order chi connectivity index (χ1) is 9.94. The van der Waals surface area contributed by atoms with Crippen LogP contribution in [0.15, 0.2) is 4.99 Å². The lowest BCUT2D eigenvalue weighted by Crippen LogP contribution is -2.43. The van der Waals surface area contributed by atoms with Crippen LogP contribution in [0.2, 0.25) is 0 Å². The van der Waals surface area contributed by atoms with E-state index in [1.54, 1.807) is 7.05 Å². The summed E-state index contributed by atoms with van der Waals surface area (Å²) < 4.78 is 40.3. The van der Waals surface area contributed by atoms with Crippen molar-refractivity contribution in [1.82, 2.24) is 10.2 Å². The molecule has 0 bridgehead atoms. The molecule has 2 rings (SSSR count). The van der Waals surface area contributed by atoms with E-state index in [2.05, 4.69) is 19.9 Å². The van der Waals surface area contributed by atoms with Crippen LogP contribution >= 0.6 is 0 Å². The van der Waals surface area contributed by atoms with Crippen molar-refractivity contribution >= 4 is 5.96 Å². The van der Waals surface area contributed by atoms with Crippen molar-refractivity contribution in [3.63, 3.8) is 0 Å². The smallest absolute Gasteiger partial charge is 0.372 e. The number of aliphatic imine (C=N–C) groups is 1. The number of hydrogen-bond donors (Lipinski definition) is 1. The second-order valence-corrected chi connectivity index (χ2v) is 6.02. The third kappa shape index (κ3) is 4.76. The van der Waals surface area contributed by atoms with Crippen molar-refractivity contribution in [2.45, 2.75) is 38.3 Å². The molecule has 1 spiro atoms. The van der Waals surface area contributed by atoms with E-state index in [1.807, 2.05) is 0 Å². The minimum absolute atomic E-state index is 0.105. The van der Waals surface area contributed by atoms with E-state index in [0.717, 1.165) is 19.0 Å². The maximum atomic E-state index is 11.9. The first-order valence-electron chi connectivity index (χ1n) is 7.54. The Labute approximate surface area is 123 Å². The number of nitrogens with zero attached hydrogens (tertiary/aromatic N) is 2. The van der Waals surface area contributed by atoms with Gasteiger partial charge in [-0.05, 0) is 31.1 Å². The molecule has 1 aliphatic heterocycles. The van der Waals surface area contributed by atoms with Gasteiger partial charge in [0.1, 0.15) is 6.61 Å². The Bertz CT molecular complexity index is 367. The average molecular weight is 307 g/mol. The molecule has 0 aromatic carbocycles. The van der Waals surface area contributed by atoms with Crippen LogP contribution in [0.25, 0.3) is 0 Å². The fourth-order valence-electron chi connectivity index (χ4n) is 3.10. The number of likely N-dealkylation sites (tertiary alicyclic amines) is 1. The van der Waals surface area contributed by atoms with Crippen LogP contribution in [0.4, 0.5) is 13.2 Å². The van der Waals surface area contributed by atoms with Crippen molar-refractivity contribution in [2.75, 3.05) is 39.9 Å². The third-order valence-corrected chi connectivity index (χ3v) is 4.38. The molecule has 4 nitrogen and oxygen atoms in total. The van der Waals surface area contributed by atoms with E-state index in [0.29, 0.717) is 18.4 Å². The van der Waals surface area contributed by atoms with Gasteiger partial charge in [-0.25, -0.2) is 0 Å². The summed E-state index contributed by atoms with van der Waals surface area (Å²) in [5.74, 6) is 0.856. The Balaban J connectivity index is 1.60. The van der Waals surface area contributed by atoms with Crippen LogP contribution in [0.5, 0.6) is 0 Å². The zero-order valence-corrected chi connectivity index (χ0v) is 12.5. The molecular formula is C14H24F3N3O. The fraction of sp³-hybridized carbons (Fsp3) is 0.929. The molecule has 0 atom stereocenters. The van der Waals surface area contributed by atoms with E-state index in [4.69, 9.17) is 0 Å². The minimum atomic E-state index is -4.24. The quantitative estimate of drug-likeness (QED) is 0.481. The van der Waals surface area contributed by atoms with Gasteiger partial charge in [0, 0.05) is 33.3 Å². The highest BCUT2D eigenvalue weighted by Crippen LogP contribution is 2.47. The lowest BCUT2D eigenvalue weighted by molar-refractivity contribution is -0.173. The van der Waals surface area contributed by atoms with Gasteiger partial charge in [-0.15, -0.1) is 0 Å². The SMILES string of the molecule is CN=C(NCCCOCC(F)(F)F)N1CCC2(CCC2)C1. The van der Waals surface area contributed by atoms with Gasteiger partial charge in [-0.2, -0.15) is 13.2 Å². The molecule has 1 aliphatic carbocycles. The molecule has 0 radical (unpaired) electrons. The van der Waals surface area contributed by atoms with Crippen LogP contribution < -0.4 is 5.32 Å². The van der Waals surface area contributed by atoms with E-state index in [1.165, 1.54) is 25.7 Å². The Kier molecular flexibility index (Phi) is 5.35. The normalized spacial score (nSPS) is 21.7. The van der Waals surface area contributed by atoms with Gasteiger partial charge in [-0.1, -0.05) is 6.42 Å². The van der Waals surface area contributed by atoms with Crippen LogP contribution in [0.3, 0.4) is 0 Å². The Hall–Kier alpha value is -0.980. The largest absolute Gasteiger partial charge is 0.411 e. The number of ether oxygens (including phenoxy) is 1. The summed E-state index contributed by atoms with van der Waals surface area (Å²) in [7, 11) is 1.74. The zero-order valence-electron chi connectivity index (χ0n) is 12.5. The Morgan fingerprint density at radius 1 is 1.33 bits per heavy atom. The summed E-state index contributed by atoms with van der Waals surface area (Å²) in [5.41, 5.74) is 0.507. The molecule has 0 amide bonds. The second kappa shape index (κ2) is 6.85. The Morgan fingerprint density at radius 2 is 2.10 bits per heavy atom. The summed E-state index contributed by atoms with van der Waals surface area (Å²) in [6.45, 7) is 1.58. The number of nitrogens with one attached hydrogen (secondary N) is 1. The van der Waals surface area contributed by atoms with Crippen LogP contribution in [-0.2, 0) is 4.74 Å². The molecule has 1 N–H and O–H groups in total. The van der Waals surface area contributed by atoms with E-state index in [9.17, 15) is 13.2 Å². The monoisotopic (exact) mass is 307 g/mol. The van der Waals surface area contributed by atoms with Crippen molar-refractivity contribution < 1.29 is 17.9 Å². The van der Waals surface area contributed by atoms with Crippen LogP contribution in [0.1, 0.15) is 32.1 Å². The summed E-state index contributed by atoms with van der Waals surface area (Å²) in [6.07, 6.45) is 1.47. The van der Waals surface area contributed by atoms with Gasteiger partial charge in [-0.3, -0.25) is 4.99 Å². The summed E-state index contributed by atoms with van der Waals surface area (Å²) in [5, 5.41) is 3.21. The first kappa shape index (κ1) is 16.4. The van der Waals surface area contributed by atoms with Gasteiger partial charge in [0.25, 0.3) is 0 Å². The fourth-order valence-corrected chi connectivity index (χ4v) is 3.10. The number of rotatable bonds is 5. The van der Waals surface area contributed by atoms with Gasteiger partial charge in [0.05, 0.1) is 0 Å². The van der Waals surface area contributed by atoms with Gasteiger partial charge >= 0.3 is 6.18 Å². The molecule has 0 aromatic heterocycles. The predicted molar refractivity (Wildman–Crippen MR) is 75.3 cm³/mol. The number of alkyl halides is 3. The van der Waals surface area contributed by atoms with Gasteiger partial charge in [0.15, 0.2) is 5.96 Å². The summed E-state index contributed by atoms with van der Waals surface area (Å²) in [4.78, 5) is 6.52. The molecule has 0 unspecified atom stereocenters. The summed E-state index contributed by atoms with van der Waals surface area (Å²) >= 11 is 0. The lowest BCUT2D eigenvalue weighted by atomic mass is 9.68. The molecule has 1 saturated carbocycles. The molecule has 7 heteroatoms. The highest BCUT2D eigenvalue weighted by molar-refractivity contribution is 5.80. The third-order valence-electron chi connectivity index (χ3n) is 4.38. The molecule has 2 fully saturated rings. The average Bonchev–Trinajstić information content (AvgIpc) is 2.82. The van der Waals surface area contributed by atoms with E-state index >= 15 is 0 Å². The van der Waals surface area contributed by atoms with Crippen molar-refractivity contribution in [3.8, 4) is 0 Å². The van der Waals surface area contributed by atoms with Gasteiger partial charge in [0.2, 0.25) is 0 Å². The minimum Gasteiger partial charge on any atom is -0.372 e. The molecular weight excluding hydrogens is 283 g/mol. The first-order valence-corrected chi connectivity index (χ1v) is 7.54. The highest BCUT2D eigenvalue weighted by atomic mass is 19.4. The summed E-state index contributed by atoms with van der Waals surface area (Å²) in [6, 6.07) is 0.